The molecule has 3 aromatic rings. The molecule has 4 N–H and O–H groups in total. The van der Waals surface area contributed by atoms with E-state index in [0.717, 1.165) is 18.4 Å². The Kier molecular flexibility index (Phi) is 8.71. The molecule has 0 aliphatic rings. The first-order chi connectivity index (χ1) is 17.4. The lowest BCUT2D eigenvalue weighted by Crippen LogP contribution is -2.21. The van der Waals surface area contributed by atoms with Crippen molar-refractivity contribution in [3.8, 4) is 28.7 Å². The Hall–Kier alpha value is -3.71. The second kappa shape index (κ2) is 11.6. The summed E-state index contributed by atoms with van der Waals surface area (Å²) in [6, 6.07) is 12.5. The van der Waals surface area contributed by atoms with Crippen LogP contribution in [0.5, 0.6) is 28.7 Å². The van der Waals surface area contributed by atoms with E-state index in [1.807, 2.05) is 6.92 Å². The van der Waals surface area contributed by atoms with Gasteiger partial charge in [-0.15, -0.1) is 0 Å². The molecule has 7 heteroatoms. The molecule has 0 bridgehead atoms. The highest BCUT2D eigenvalue weighted by Crippen LogP contribution is 2.35. The van der Waals surface area contributed by atoms with E-state index in [2.05, 4.69) is 13.8 Å². The Balaban J connectivity index is 1.67. The summed E-state index contributed by atoms with van der Waals surface area (Å²) in [5.41, 5.74) is 1.07. The van der Waals surface area contributed by atoms with Crippen LogP contribution in [0.4, 0.5) is 0 Å². The summed E-state index contributed by atoms with van der Waals surface area (Å²) in [6.45, 7) is 9.29. The van der Waals surface area contributed by atoms with Crippen LogP contribution in [-0.2, 0) is 16.9 Å². The minimum Gasteiger partial charge on any atom is -0.508 e. The molecule has 0 heterocycles. The molecule has 0 aromatic heterocycles. The monoisotopic (exact) mass is 508 g/mol. The lowest BCUT2D eigenvalue weighted by molar-refractivity contribution is 0.0410. The average Bonchev–Trinajstić information content (AvgIpc) is 2.76. The van der Waals surface area contributed by atoms with E-state index in [0.29, 0.717) is 40.5 Å². The molecule has 0 radical (unpaired) electrons. The molecule has 0 spiro atoms. The van der Waals surface area contributed by atoms with Gasteiger partial charge >= 0.3 is 5.97 Å². The number of hydrogen-bond acceptors (Lipinski definition) is 7. The summed E-state index contributed by atoms with van der Waals surface area (Å²) in [7, 11) is 0. The fourth-order valence-electron chi connectivity index (χ4n) is 4.32. The number of aryl methyl sites for hydroxylation is 2. The number of aromatic hydroxyl groups is 3. The lowest BCUT2D eigenvalue weighted by atomic mass is 9.88. The zero-order valence-corrected chi connectivity index (χ0v) is 22.0. The molecule has 7 nitrogen and oxygen atoms in total. The Morgan fingerprint density at radius 1 is 0.946 bits per heavy atom. The summed E-state index contributed by atoms with van der Waals surface area (Å²) >= 11 is 0. The minimum atomic E-state index is -1.17. The van der Waals surface area contributed by atoms with E-state index >= 15 is 0 Å². The molecule has 0 saturated carbocycles. The zero-order chi connectivity index (χ0) is 27.3. The first kappa shape index (κ1) is 27.9. The third-order valence-corrected chi connectivity index (χ3v) is 6.22. The van der Waals surface area contributed by atoms with Gasteiger partial charge in [-0.3, -0.25) is 0 Å². The number of phenols is 3. The van der Waals surface area contributed by atoms with Gasteiger partial charge in [0.25, 0.3) is 0 Å². The summed E-state index contributed by atoms with van der Waals surface area (Å²) in [5, 5.41) is 41.6. The number of aliphatic hydroxyl groups is 1. The van der Waals surface area contributed by atoms with Crippen molar-refractivity contribution in [1.29, 1.82) is 0 Å². The Morgan fingerprint density at radius 3 is 2.27 bits per heavy atom. The standard InChI is InChI=1S/C30H36O7/c1-18(2)7-6-10-30(5,35)25-9-8-21(14-26(25)32)17-36-29(34)28-20(4)13-24(16-27(28)33)37-23-12-19(3)11-22(31)15-23/h8-9,11-16,18,31-33,35H,6-7,10,17H2,1-5H3. The SMILES string of the molecule is Cc1cc(O)cc(Oc2cc(C)c(C(=O)OCc3ccc(C(C)(O)CCCC(C)C)c(O)c3)c(O)c2)c1. The first-order valence-electron chi connectivity index (χ1n) is 12.4. The fraction of sp³-hybridized carbons (Fsp3) is 0.367. The Morgan fingerprint density at radius 2 is 1.65 bits per heavy atom. The molecule has 0 aliphatic carbocycles. The van der Waals surface area contributed by atoms with Crippen LogP contribution in [0, 0.1) is 19.8 Å². The number of hydrogen-bond donors (Lipinski definition) is 4. The Labute approximate surface area is 217 Å². The molecule has 198 valence electrons. The van der Waals surface area contributed by atoms with Gasteiger partial charge in [-0.1, -0.05) is 32.4 Å². The third-order valence-electron chi connectivity index (χ3n) is 6.22. The van der Waals surface area contributed by atoms with Crippen LogP contribution in [0.15, 0.2) is 48.5 Å². The average molecular weight is 509 g/mol. The van der Waals surface area contributed by atoms with E-state index in [-0.39, 0.29) is 29.4 Å². The van der Waals surface area contributed by atoms with E-state index in [9.17, 15) is 25.2 Å². The van der Waals surface area contributed by atoms with Crippen molar-refractivity contribution >= 4 is 5.97 Å². The van der Waals surface area contributed by atoms with Crippen molar-refractivity contribution < 1.29 is 34.7 Å². The molecular formula is C30H36O7. The number of carbonyl (C=O) groups is 1. The van der Waals surface area contributed by atoms with Gasteiger partial charge in [-0.05, 0) is 80.5 Å². The highest BCUT2D eigenvalue weighted by atomic mass is 16.5. The maximum Gasteiger partial charge on any atom is 0.342 e. The van der Waals surface area contributed by atoms with Crippen LogP contribution in [0.1, 0.15) is 72.6 Å². The predicted octanol–water partition coefficient (Wildman–Crippen LogP) is 6.60. The fourth-order valence-corrected chi connectivity index (χ4v) is 4.32. The van der Waals surface area contributed by atoms with Crippen LogP contribution in [0.25, 0.3) is 0 Å². The van der Waals surface area contributed by atoms with E-state index in [1.165, 1.54) is 18.2 Å². The van der Waals surface area contributed by atoms with Crippen LogP contribution >= 0.6 is 0 Å². The maximum absolute atomic E-state index is 12.7. The van der Waals surface area contributed by atoms with Gasteiger partial charge in [0.05, 0.1) is 5.60 Å². The van der Waals surface area contributed by atoms with E-state index in [1.54, 1.807) is 44.2 Å². The van der Waals surface area contributed by atoms with Gasteiger partial charge in [0.1, 0.15) is 40.9 Å². The van der Waals surface area contributed by atoms with E-state index < -0.39 is 11.6 Å². The number of rotatable bonds is 10. The molecule has 0 fully saturated rings. The van der Waals surface area contributed by atoms with Gasteiger partial charge in [0.15, 0.2) is 0 Å². The van der Waals surface area contributed by atoms with Crippen LogP contribution < -0.4 is 4.74 Å². The summed E-state index contributed by atoms with van der Waals surface area (Å²) in [4.78, 5) is 12.7. The molecule has 0 aliphatic heterocycles. The summed E-state index contributed by atoms with van der Waals surface area (Å²) in [6.07, 6.45) is 2.35. The number of carbonyl (C=O) groups excluding carboxylic acids is 1. The number of phenolic OH excluding ortho intramolecular Hbond substituents is 3. The number of ether oxygens (including phenoxy) is 2. The Bertz CT molecular complexity index is 1220. The van der Waals surface area contributed by atoms with Gasteiger partial charge in [-0.25, -0.2) is 4.79 Å². The molecular weight excluding hydrogens is 472 g/mol. The normalized spacial score (nSPS) is 12.8. The third kappa shape index (κ3) is 7.40. The molecule has 37 heavy (non-hydrogen) atoms. The van der Waals surface area contributed by atoms with Crippen LogP contribution in [0.3, 0.4) is 0 Å². The quantitative estimate of drug-likeness (QED) is 0.228. The van der Waals surface area contributed by atoms with Crippen molar-refractivity contribution in [2.24, 2.45) is 5.92 Å². The molecule has 1 atom stereocenters. The lowest BCUT2D eigenvalue weighted by Gasteiger charge is -2.25. The van der Waals surface area contributed by atoms with E-state index in [4.69, 9.17) is 9.47 Å². The van der Waals surface area contributed by atoms with Crippen molar-refractivity contribution in [2.45, 2.75) is 66.1 Å². The summed E-state index contributed by atoms with van der Waals surface area (Å²) in [5.74, 6) is 0.212. The van der Waals surface area contributed by atoms with Gasteiger partial charge in [0, 0.05) is 17.7 Å². The molecule has 0 saturated heterocycles. The molecule has 1 unspecified atom stereocenters. The highest BCUT2D eigenvalue weighted by molar-refractivity contribution is 5.94. The molecule has 3 rings (SSSR count). The van der Waals surface area contributed by atoms with Gasteiger partial charge in [0.2, 0.25) is 0 Å². The zero-order valence-electron chi connectivity index (χ0n) is 22.0. The predicted molar refractivity (Wildman–Crippen MR) is 141 cm³/mol. The smallest absolute Gasteiger partial charge is 0.342 e. The minimum absolute atomic E-state index is 0.00775. The topological polar surface area (TPSA) is 116 Å². The number of esters is 1. The largest absolute Gasteiger partial charge is 0.508 e. The number of benzene rings is 3. The maximum atomic E-state index is 12.7. The van der Waals surface area contributed by atoms with Gasteiger partial charge < -0.3 is 29.9 Å². The molecule has 0 amide bonds. The summed E-state index contributed by atoms with van der Waals surface area (Å²) < 4.78 is 11.1. The highest BCUT2D eigenvalue weighted by Gasteiger charge is 2.26. The van der Waals surface area contributed by atoms with Gasteiger partial charge in [-0.2, -0.15) is 0 Å². The second-order valence-corrected chi connectivity index (χ2v) is 10.2. The van der Waals surface area contributed by atoms with Crippen molar-refractivity contribution in [3.63, 3.8) is 0 Å². The first-order valence-corrected chi connectivity index (χ1v) is 12.4. The van der Waals surface area contributed by atoms with Crippen molar-refractivity contribution in [1.82, 2.24) is 0 Å². The van der Waals surface area contributed by atoms with Crippen LogP contribution in [0.2, 0.25) is 0 Å². The van der Waals surface area contributed by atoms with Crippen molar-refractivity contribution in [3.05, 3.63) is 76.3 Å². The van der Waals surface area contributed by atoms with Crippen molar-refractivity contribution in [2.75, 3.05) is 0 Å². The second-order valence-electron chi connectivity index (χ2n) is 10.2. The molecule has 3 aromatic carbocycles. The van der Waals surface area contributed by atoms with Crippen LogP contribution in [-0.4, -0.2) is 26.4 Å².